The zero-order valence-corrected chi connectivity index (χ0v) is 18.2. The number of rotatable bonds is 6. The number of carbonyl (C=O) groups excluding carboxylic acids is 2. The van der Waals surface area contributed by atoms with Crippen LogP contribution in [0, 0.1) is 0 Å². The molecule has 0 bridgehead atoms. The molecular weight excluding hydrogens is 440 g/mol. The lowest BCUT2D eigenvalue weighted by molar-refractivity contribution is 0.0519. The molecule has 0 atom stereocenters. The summed E-state index contributed by atoms with van der Waals surface area (Å²) in [4.78, 5) is 38.9. The lowest BCUT2D eigenvalue weighted by Gasteiger charge is -2.14. The summed E-state index contributed by atoms with van der Waals surface area (Å²) >= 11 is 0. The number of hydrogen-bond donors (Lipinski definition) is 1. The van der Waals surface area contributed by atoms with E-state index in [4.69, 9.17) is 14.2 Å². The Bertz CT molecular complexity index is 1460. The van der Waals surface area contributed by atoms with Crippen LogP contribution in [0.15, 0.2) is 65.6 Å². The molecule has 172 valence electrons. The van der Waals surface area contributed by atoms with Crippen LogP contribution in [-0.4, -0.2) is 39.5 Å². The molecule has 1 N–H and O–H groups in total. The first-order valence-corrected chi connectivity index (χ1v) is 10.6. The molecule has 0 unspecified atom stereocenters. The largest absolute Gasteiger partial charge is 0.461 e. The van der Waals surface area contributed by atoms with E-state index in [0.717, 1.165) is 5.56 Å². The lowest BCUT2D eigenvalue weighted by Crippen LogP contribution is -2.32. The van der Waals surface area contributed by atoms with Gasteiger partial charge in [0.05, 0.1) is 18.5 Å². The smallest absolute Gasteiger partial charge is 0.358 e. The second-order valence-electron chi connectivity index (χ2n) is 7.44. The minimum atomic E-state index is -0.657. The van der Waals surface area contributed by atoms with Crippen molar-refractivity contribution in [2.24, 2.45) is 0 Å². The van der Waals surface area contributed by atoms with E-state index >= 15 is 0 Å². The number of esters is 1. The fraction of sp³-hybridized carbons (Fsp3) is 0.167. The molecule has 34 heavy (non-hydrogen) atoms. The van der Waals surface area contributed by atoms with Gasteiger partial charge in [-0.15, -0.1) is 0 Å². The number of nitrogens with zero attached hydrogens (tertiary/aromatic N) is 3. The van der Waals surface area contributed by atoms with Crippen LogP contribution in [0.3, 0.4) is 0 Å². The van der Waals surface area contributed by atoms with Gasteiger partial charge in [0.15, 0.2) is 17.2 Å². The van der Waals surface area contributed by atoms with Gasteiger partial charge >= 0.3 is 5.97 Å². The molecule has 0 aliphatic carbocycles. The van der Waals surface area contributed by atoms with Gasteiger partial charge in [-0.2, -0.15) is 5.10 Å². The normalized spacial score (nSPS) is 12.0. The van der Waals surface area contributed by atoms with Crippen LogP contribution >= 0.6 is 0 Å². The zero-order valence-electron chi connectivity index (χ0n) is 18.2. The number of amides is 1. The van der Waals surface area contributed by atoms with E-state index in [0.29, 0.717) is 17.2 Å². The summed E-state index contributed by atoms with van der Waals surface area (Å²) in [6, 6.07) is 15.7. The molecule has 1 amide bonds. The van der Waals surface area contributed by atoms with Crippen LogP contribution in [0.25, 0.3) is 11.2 Å². The quantitative estimate of drug-likeness (QED) is 0.439. The van der Waals surface area contributed by atoms with Crippen molar-refractivity contribution in [1.82, 2.24) is 19.5 Å². The Balaban J connectivity index is 1.62. The van der Waals surface area contributed by atoms with Gasteiger partial charge in [-0.25, -0.2) is 9.31 Å². The first-order chi connectivity index (χ1) is 16.5. The summed E-state index contributed by atoms with van der Waals surface area (Å²) in [7, 11) is 0. The van der Waals surface area contributed by atoms with E-state index in [1.165, 1.54) is 21.3 Å². The average Bonchev–Trinajstić information content (AvgIpc) is 3.50. The van der Waals surface area contributed by atoms with Gasteiger partial charge in [0.25, 0.3) is 11.5 Å². The molecule has 10 nitrogen and oxygen atoms in total. The number of nitrogens with one attached hydrogen (secondary N) is 1. The van der Waals surface area contributed by atoms with E-state index in [2.05, 4.69) is 10.4 Å². The molecule has 4 aromatic rings. The summed E-state index contributed by atoms with van der Waals surface area (Å²) < 4.78 is 18.3. The molecule has 3 heterocycles. The molecule has 2 aromatic carbocycles. The Kier molecular flexibility index (Phi) is 5.46. The van der Waals surface area contributed by atoms with Crippen LogP contribution in [0.5, 0.6) is 11.5 Å². The number of hydrogen-bond acceptors (Lipinski definition) is 7. The Morgan fingerprint density at radius 1 is 1.09 bits per heavy atom. The van der Waals surface area contributed by atoms with E-state index in [-0.39, 0.29) is 36.8 Å². The Morgan fingerprint density at radius 3 is 2.68 bits per heavy atom. The van der Waals surface area contributed by atoms with Gasteiger partial charge in [0, 0.05) is 18.7 Å². The fourth-order valence-corrected chi connectivity index (χ4v) is 3.66. The third-order valence-electron chi connectivity index (χ3n) is 5.27. The molecule has 5 rings (SSSR count). The van der Waals surface area contributed by atoms with Crippen molar-refractivity contribution in [3.05, 3.63) is 88.1 Å². The highest BCUT2D eigenvalue weighted by Crippen LogP contribution is 2.33. The second kappa shape index (κ2) is 8.74. The molecule has 10 heteroatoms. The van der Waals surface area contributed by atoms with Crippen LogP contribution in [-0.2, 0) is 11.3 Å². The van der Waals surface area contributed by atoms with Crippen molar-refractivity contribution in [3.8, 4) is 17.2 Å². The van der Waals surface area contributed by atoms with Crippen molar-refractivity contribution in [2.45, 2.75) is 13.5 Å². The van der Waals surface area contributed by atoms with E-state index in [1.807, 2.05) is 30.3 Å². The summed E-state index contributed by atoms with van der Waals surface area (Å²) in [6.07, 6.45) is 1.41. The highest BCUT2D eigenvalue weighted by molar-refractivity contribution is 5.93. The molecule has 1 aliphatic rings. The topological polar surface area (TPSA) is 113 Å². The Hall–Kier alpha value is -4.60. The zero-order chi connectivity index (χ0) is 23.7. The maximum atomic E-state index is 13.5. The SMILES string of the molecule is CCOC(=O)c1cc2c(=O)n(-c3ccc4c(c3)OCO4)c(C(=O)NCc3ccccc3)cn2n1. The third kappa shape index (κ3) is 3.85. The molecular formula is C24H20N4O6. The molecule has 0 spiro atoms. The predicted octanol–water partition coefficient (Wildman–Crippen LogP) is 2.32. The molecule has 1 aliphatic heterocycles. The highest BCUT2D eigenvalue weighted by Gasteiger charge is 2.23. The summed E-state index contributed by atoms with van der Waals surface area (Å²) in [5.74, 6) is -0.147. The van der Waals surface area contributed by atoms with Crippen molar-refractivity contribution < 1.29 is 23.8 Å². The highest BCUT2D eigenvalue weighted by atomic mass is 16.7. The number of carbonyl (C=O) groups is 2. The van der Waals surface area contributed by atoms with Crippen LogP contribution < -0.4 is 20.3 Å². The summed E-state index contributed by atoms with van der Waals surface area (Å²) in [6.45, 7) is 2.18. The van der Waals surface area contributed by atoms with E-state index in [9.17, 15) is 14.4 Å². The van der Waals surface area contributed by atoms with Crippen LogP contribution in [0.1, 0.15) is 33.5 Å². The third-order valence-corrected chi connectivity index (χ3v) is 5.27. The van der Waals surface area contributed by atoms with Gasteiger partial charge < -0.3 is 19.5 Å². The molecule has 0 saturated heterocycles. The van der Waals surface area contributed by atoms with Gasteiger partial charge in [-0.3, -0.25) is 14.2 Å². The van der Waals surface area contributed by atoms with Crippen LogP contribution in [0.2, 0.25) is 0 Å². The Labute approximate surface area is 193 Å². The number of ether oxygens (including phenoxy) is 3. The molecule has 0 radical (unpaired) electrons. The van der Waals surface area contributed by atoms with Crippen molar-refractivity contribution in [3.63, 3.8) is 0 Å². The number of aromatic nitrogens is 3. The molecule has 0 saturated carbocycles. The van der Waals surface area contributed by atoms with Crippen molar-refractivity contribution in [2.75, 3.05) is 13.4 Å². The van der Waals surface area contributed by atoms with E-state index < -0.39 is 17.4 Å². The first-order valence-electron chi connectivity index (χ1n) is 10.6. The van der Waals surface area contributed by atoms with Crippen molar-refractivity contribution in [1.29, 1.82) is 0 Å². The van der Waals surface area contributed by atoms with Gasteiger partial charge in [-0.05, 0) is 24.6 Å². The van der Waals surface area contributed by atoms with Gasteiger partial charge in [0.1, 0.15) is 11.2 Å². The van der Waals surface area contributed by atoms with E-state index in [1.54, 1.807) is 25.1 Å². The number of benzene rings is 2. The average molecular weight is 460 g/mol. The second-order valence-corrected chi connectivity index (χ2v) is 7.44. The lowest BCUT2D eigenvalue weighted by atomic mass is 10.2. The Morgan fingerprint density at radius 2 is 1.88 bits per heavy atom. The fourth-order valence-electron chi connectivity index (χ4n) is 3.66. The monoisotopic (exact) mass is 460 g/mol. The minimum absolute atomic E-state index is 0.0296. The van der Waals surface area contributed by atoms with Crippen molar-refractivity contribution >= 4 is 17.4 Å². The summed E-state index contributed by atoms with van der Waals surface area (Å²) in [5.41, 5.74) is 0.886. The standard InChI is InChI=1S/C24H20N4O6/c1-2-32-24(31)17-11-18-23(30)28(16-8-9-20-21(10-16)34-14-33-20)19(13-27(18)26-17)22(29)25-12-15-6-4-3-5-7-15/h3-11,13H,2,12,14H2,1H3,(H,25,29). The first kappa shape index (κ1) is 21.3. The summed E-state index contributed by atoms with van der Waals surface area (Å²) in [5, 5.41) is 6.98. The molecule has 0 fully saturated rings. The predicted molar refractivity (Wildman–Crippen MR) is 120 cm³/mol. The number of fused-ring (bicyclic) bond motifs is 2. The molecule has 2 aromatic heterocycles. The minimum Gasteiger partial charge on any atom is -0.461 e. The maximum Gasteiger partial charge on any atom is 0.358 e. The van der Waals surface area contributed by atoms with Crippen LogP contribution in [0.4, 0.5) is 0 Å². The van der Waals surface area contributed by atoms with Gasteiger partial charge in [0.2, 0.25) is 6.79 Å². The van der Waals surface area contributed by atoms with Gasteiger partial charge in [-0.1, -0.05) is 30.3 Å². The maximum absolute atomic E-state index is 13.5.